The molecule has 0 aliphatic carbocycles. The summed E-state index contributed by atoms with van der Waals surface area (Å²) in [5.41, 5.74) is -1.21. The number of hydrogen-bond donors (Lipinski definition) is 1. The topological polar surface area (TPSA) is 77.0 Å². The molecule has 0 radical (unpaired) electrons. The molecule has 158 valence electrons. The van der Waals surface area contributed by atoms with Gasteiger partial charge in [0.25, 0.3) is 0 Å². The first-order valence-electron chi connectivity index (χ1n) is 9.19. The number of ether oxygens (including phenoxy) is 1. The average Bonchev–Trinajstić information content (AvgIpc) is 3.13. The second-order valence-corrected chi connectivity index (χ2v) is 12.8. The molecular weight excluding hydrogens is 462 g/mol. The number of halogens is 1. The molecule has 1 aromatic heterocycles. The standard InChI is InChI=1S/C19H30BrN3O3S2/c1-17(2,3)26-16(24)23-9-8-21-15(23)11-19(7,14-10-13(20)12-27-14)22-28(25)18(4,5)6/h10,12,22H,8-9,11H2,1-7H3/t19-,28+/m0/s1. The Morgan fingerprint density at radius 2 is 2.00 bits per heavy atom. The Kier molecular flexibility index (Phi) is 7.30. The van der Waals surface area contributed by atoms with E-state index in [0.29, 0.717) is 25.3 Å². The number of thiophene rings is 1. The van der Waals surface area contributed by atoms with Gasteiger partial charge >= 0.3 is 6.09 Å². The van der Waals surface area contributed by atoms with Gasteiger partial charge < -0.3 is 9.29 Å². The molecule has 0 fully saturated rings. The van der Waals surface area contributed by atoms with E-state index in [-0.39, 0.29) is 0 Å². The van der Waals surface area contributed by atoms with Crippen molar-refractivity contribution in [1.29, 1.82) is 0 Å². The highest BCUT2D eigenvalue weighted by Gasteiger charge is 2.41. The van der Waals surface area contributed by atoms with Crippen LogP contribution in [-0.4, -0.2) is 44.8 Å². The molecule has 2 atom stereocenters. The minimum Gasteiger partial charge on any atom is -0.598 e. The first kappa shape index (κ1) is 23.7. The van der Waals surface area contributed by atoms with Crippen LogP contribution >= 0.6 is 27.3 Å². The highest BCUT2D eigenvalue weighted by atomic mass is 79.9. The third-order valence-electron chi connectivity index (χ3n) is 4.04. The van der Waals surface area contributed by atoms with Gasteiger partial charge in [-0.25, -0.2) is 4.79 Å². The SMILES string of the molecule is CC(C)(C)OC(=O)N1CCN=C1C[C@](C)(N[S@+]([O-])C(C)(C)C)c1cc(Br)cs1. The van der Waals surface area contributed by atoms with Gasteiger partial charge in [-0.3, -0.25) is 9.89 Å². The number of amidine groups is 1. The number of carbonyl (C=O) groups excluding carboxylic acids is 1. The van der Waals surface area contributed by atoms with Gasteiger partial charge in [0.05, 0.1) is 13.1 Å². The molecule has 0 unspecified atom stereocenters. The summed E-state index contributed by atoms with van der Waals surface area (Å²) in [7, 11) is 0. The first-order chi connectivity index (χ1) is 12.7. The van der Waals surface area contributed by atoms with Gasteiger partial charge in [0.2, 0.25) is 0 Å². The summed E-state index contributed by atoms with van der Waals surface area (Å²) in [5.74, 6) is 0.652. The number of carbonyl (C=O) groups is 1. The Hall–Kier alpha value is -0.610. The van der Waals surface area contributed by atoms with Gasteiger partial charge in [-0.1, -0.05) is 0 Å². The van der Waals surface area contributed by atoms with Crippen molar-refractivity contribution >= 4 is 50.6 Å². The van der Waals surface area contributed by atoms with Crippen molar-refractivity contribution in [3.8, 4) is 0 Å². The molecule has 1 aliphatic rings. The Morgan fingerprint density at radius 1 is 1.36 bits per heavy atom. The molecule has 0 bridgehead atoms. The van der Waals surface area contributed by atoms with Crippen LogP contribution in [-0.2, 0) is 21.6 Å². The molecule has 0 saturated carbocycles. The van der Waals surface area contributed by atoms with E-state index >= 15 is 0 Å². The number of hydrogen-bond acceptors (Lipinski definition) is 6. The molecule has 1 aromatic rings. The lowest BCUT2D eigenvalue weighted by atomic mass is 9.96. The lowest BCUT2D eigenvalue weighted by molar-refractivity contribution is 0.0380. The molecule has 9 heteroatoms. The molecule has 28 heavy (non-hydrogen) atoms. The van der Waals surface area contributed by atoms with Crippen LogP contribution < -0.4 is 4.72 Å². The van der Waals surface area contributed by atoms with E-state index in [9.17, 15) is 9.35 Å². The summed E-state index contributed by atoms with van der Waals surface area (Å²) in [6, 6.07) is 2.02. The van der Waals surface area contributed by atoms with E-state index in [1.54, 1.807) is 16.2 Å². The quantitative estimate of drug-likeness (QED) is 0.598. The minimum absolute atomic E-state index is 0.393. The summed E-state index contributed by atoms with van der Waals surface area (Å²) >= 11 is 3.80. The maximum atomic E-state index is 12.9. The number of nitrogens with one attached hydrogen (secondary N) is 1. The molecular formula is C19H30BrN3O3S2. The maximum absolute atomic E-state index is 12.9. The number of aliphatic imine (C=N–C) groups is 1. The molecule has 0 aromatic carbocycles. The molecule has 1 N–H and O–H groups in total. The van der Waals surface area contributed by atoms with E-state index in [0.717, 1.165) is 9.35 Å². The Morgan fingerprint density at radius 3 is 2.50 bits per heavy atom. The van der Waals surface area contributed by atoms with Crippen molar-refractivity contribution in [2.24, 2.45) is 4.99 Å². The summed E-state index contributed by atoms with van der Waals surface area (Å²) in [5, 5.41) is 2.00. The van der Waals surface area contributed by atoms with E-state index in [1.807, 2.05) is 59.9 Å². The third-order valence-corrected chi connectivity index (χ3v) is 7.74. The van der Waals surface area contributed by atoms with Crippen molar-refractivity contribution < 1.29 is 14.1 Å². The third kappa shape index (κ3) is 6.19. The zero-order valence-corrected chi connectivity index (χ0v) is 20.8. The molecule has 6 nitrogen and oxygen atoms in total. The zero-order chi connectivity index (χ0) is 21.3. The van der Waals surface area contributed by atoms with Crippen LogP contribution in [0.1, 0.15) is 59.8 Å². The summed E-state index contributed by atoms with van der Waals surface area (Å²) < 4.78 is 22.3. The van der Waals surface area contributed by atoms with Gasteiger partial charge in [0.15, 0.2) is 0 Å². The van der Waals surface area contributed by atoms with Crippen LogP contribution in [0, 0.1) is 0 Å². The number of rotatable bonds is 5. The number of amides is 1. The Bertz CT molecular complexity index is 740. The number of nitrogens with zero attached hydrogens (tertiary/aromatic N) is 2. The van der Waals surface area contributed by atoms with Gasteiger partial charge in [0.1, 0.15) is 21.7 Å². The Labute approximate surface area is 183 Å². The summed E-state index contributed by atoms with van der Waals surface area (Å²) in [6.45, 7) is 14.4. The lowest BCUT2D eigenvalue weighted by Crippen LogP contribution is -2.52. The molecule has 0 saturated heterocycles. The highest BCUT2D eigenvalue weighted by molar-refractivity contribution is 9.10. The molecule has 0 spiro atoms. The minimum atomic E-state index is -1.28. The fourth-order valence-electron chi connectivity index (χ4n) is 2.61. The van der Waals surface area contributed by atoms with Crippen molar-refractivity contribution in [3.63, 3.8) is 0 Å². The summed E-state index contributed by atoms with van der Waals surface area (Å²) in [6.07, 6.45) is 0.0384. The van der Waals surface area contributed by atoms with E-state index in [1.165, 1.54) is 0 Å². The summed E-state index contributed by atoms with van der Waals surface area (Å²) in [4.78, 5) is 19.8. The second kappa shape index (κ2) is 8.63. The maximum Gasteiger partial charge on any atom is 0.415 e. The molecule has 1 aliphatic heterocycles. The fraction of sp³-hybridized carbons (Fsp3) is 0.684. The van der Waals surface area contributed by atoms with Crippen LogP contribution in [0.5, 0.6) is 0 Å². The molecule has 1 amide bonds. The molecule has 2 rings (SSSR count). The van der Waals surface area contributed by atoms with Gasteiger partial charge in [-0.2, -0.15) is 0 Å². The van der Waals surface area contributed by atoms with Crippen LogP contribution in [0.4, 0.5) is 4.79 Å². The Balaban J connectivity index is 2.28. The first-order valence-corrected chi connectivity index (χ1v) is 12.0. The normalized spacial score (nSPS) is 18.6. The predicted octanol–water partition coefficient (Wildman–Crippen LogP) is 4.82. The predicted molar refractivity (Wildman–Crippen MR) is 120 cm³/mol. The van der Waals surface area contributed by atoms with Crippen LogP contribution in [0.2, 0.25) is 0 Å². The second-order valence-electron chi connectivity index (χ2n) is 9.05. The van der Waals surface area contributed by atoms with Crippen LogP contribution in [0.15, 0.2) is 20.9 Å². The van der Waals surface area contributed by atoms with Crippen LogP contribution in [0.25, 0.3) is 0 Å². The lowest BCUT2D eigenvalue weighted by Gasteiger charge is -2.35. The van der Waals surface area contributed by atoms with Gasteiger partial charge in [-0.05, 0) is 70.5 Å². The van der Waals surface area contributed by atoms with E-state index in [2.05, 4.69) is 25.6 Å². The highest BCUT2D eigenvalue weighted by Crippen LogP contribution is 2.36. The van der Waals surface area contributed by atoms with E-state index in [4.69, 9.17) is 4.74 Å². The average molecular weight is 493 g/mol. The largest absolute Gasteiger partial charge is 0.598 e. The van der Waals surface area contributed by atoms with Crippen molar-refractivity contribution in [3.05, 3.63) is 20.8 Å². The molecule has 2 heterocycles. The van der Waals surface area contributed by atoms with Gasteiger partial charge in [0, 0.05) is 32.5 Å². The van der Waals surface area contributed by atoms with Crippen LogP contribution in [0.3, 0.4) is 0 Å². The fourth-order valence-corrected chi connectivity index (χ4v) is 5.12. The smallest absolute Gasteiger partial charge is 0.415 e. The van der Waals surface area contributed by atoms with Crippen molar-refractivity contribution in [1.82, 2.24) is 9.62 Å². The monoisotopic (exact) mass is 491 g/mol. The van der Waals surface area contributed by atoms with Gasteiger partial charge in [-0.15, -0.1) is 16.1 Å². The van der Waals surface area contributed by atoms with Crippen molar-refractivity contribution in [2.45, 2.75) is 70.8 Å². The van der Waals surface area contributed by atoms with E-state index < -0.39 is 33.3 Å². The zero-order valence-electron chi connectivity index (χ0n) is 17.6. The van der Waals surface area contributed by atoms with Crippen molar-refractivity contribution in [2.75, 3.05) is 13.1 Å².